The third-order valence-corrected chi connectivity index (χ3v) is 4.06. The van der Waals surface area contributed by atoms with Crippen molar-refractivity contribution in [2.45, 2.75) is 13.5 Å². The highest BCUT2D eigenvalue weighted by atomic mass is 32.2. The molecular weight excluding hydrogens is 295 g/mol. The van der Waals surface area contributed by atoms with Gasteiger partial charge in [-0.2, -0.15) is 0 Å². The summed E-state index contributed by atoms with van der Waals surface area (Å²) in [5.74, 6) is 0.444. The fourth-order valence-electron chi connectivity index (χ4n) is 1.53. The van der Waals surface area contributed by atoms with Gasteiger partial charge in [-0.05, 0) is 42.8 Å². The van der Waals surface area contributed by atoms with Crippen LogP contribution in [0.25, 0.3) is 0 Å². The topological polar surface area (TPSA) is 68.3 Å². The van der Waals surface area contributed by atoms with Crippen LogP contribution in [-0.2, 0) is 16.6 Å². The minimum atomic E-state index is -3.25. The number of pyridine rings is 1. The van der Waals surface area contributed by atoms with E-state index in [0.29, 0.717) is 11.6 Å². The van der Waals surface area contributed by atoms with E-state index < -0.39 is 10.0 Å². The molecule has 2 aromatic rings. The van der Waals surface area contributed by atoms with E-state index >= 15 is 0 Å². The summed E-state index contributed by atoms with van der Waals surface area (Å²) < 4.78 is 43.5. The van der Waals surface area contributed by atoms with Gasteiger partial charge in [-0.3, -0.25) is 0 Å². The number of nitrogens with zero attached hydrogens (tertiary/aromatic N) is 1. The van der Waals surface area contributed by atoms with Gasteiger partial charge in [-0.25, -0.2) is 22.5 Å². The van der Waals surface area contributed by atoms with Gasteiger partial charge >= 0.3 is 0 Å². The normalized spacial score (nSPS) is 11.3. The molecule has 0 fully saturated rings. The maximum atomic E-state index is 12.8. The lowest BCUT2D eigenvalue weighted by atomic mass is 10.3. The van der Waals surface area contributed by atoms with Crippen molar-refractivity contribution in [2.24, 2.45) is 0 Å². The molecule has 1 aromatic carbocycles. The number of hydrogen-bond donors (Lipinski definition) is 1. The van der Waals surface area contributed by atoms with E-state index in [1.54, 1.807) is 19.1 Å². The molecule has 112 valence electrons. The van der Waals surface area contributed by atoms with Crippen LogP contribution in [0.5, 0.6) is 11.6 Å². The van der Waals surface area contributed by atoms with Crippen LogP contribution in [0.4, 0.5) is 4.39 Å². The third-order valence-electron chi connectivity index (χ3n) is 2.71. The molecule has 5 nitrogen and oxygen atoms in total. The van der Waals surface area contributed by atoms with E-state index in [2.05, 4.69) is 9.71 Å². The lowest BCUT2D eigenvalue weighted by Gasteiger charge is -2.07. The second-order valence-corrected chi connectivity index (χ2v) is 6.38. The van der Waals surface area contributed by atoms with Crippen LogP contribution in [0.15, 0.2) is 42.6 Å². The van der Waals surface area contributed by atoms with Crippen molar-refractivity contribution in [2.75, 3.05) is 5.75 Å². The van der Waals surface area contributed by atoms with E-state index in [1.807, 2.05) is 0 Å². The molecule has 0 aliphatic heterocycles. The zero-order chi connectivity index (χ0) is 15.3. The third kappa shape index (κ3) is 4.80. The maximum Gasteiger partial charge on any atom is 0.219 e. The van der Waals surface area contributed by atoms with Crippen molar-refractivity contribution >= 4 is 10.0 Å². The van der Waals surface area contributed by atoms with Crippen molar-refractivity contribution in [3.63, 3.8) is 0 Å². The second kappa shape index (κ2) is 6.64. The standard InChI is InChI=1S/C14H15FN2O3S/c1-2-21(18,19)17-10-11-7-8-16-14(9-11)20-13-5-3-12(15)4-6-13/h3-9,17H,2,10H2,1H3. The van der Waals surface area contributed by atoms with Crippen molar-refractivity contribution in [3.05, 3.63) is 54.0 Å². The number of sulfonamides is 1. The minimum Gasteiger partial charge on any atom is -0.439 e. The van der Waals surface area contributed by atoms with Gasteiger partial charge in [-0.1, -0.05) is 0 Å². The average molecular weight is 310 g/mol. The van der Waals surface area contributed by atoms with Crippen LogP contribution in [-0.4, -0.2) is 19.2 Å². The molecule has 0 aliphatic rings. The molecule has 21 heavy (non-hydrogen) atoms. The molecule has 0 saturated heterocycles. The fraction of sp³-hybridized carbons (Fsp3) is 0.214. The lowest BCUT2D eigenvalue weighted by Crippen LogP contribution is -2.24. The molecule has 1 N–H and O–H groups in total. The molecular formula is C14H15FN2O3S. The summed E-state index contributed by atoms with van der Waals surface area (Å²) >= 11 is 0. The van der Waals surface area contributed by atoms with Gasteiger partial charge in [0.05, 0.1) is 5.75 Å². The average Bonchev–Trinajstić information content (AvgIpc) is 2.48. The number of benzene rings is 1. The van der Waals surface area contributed by atoms with Crippen LogP contribution in [0.1, 0.15) is 12.5 Å². The van der Waals surface area contributed by atoms with Gasteiger partial charge in [0, 0.05) is 18.8 Å². The van der Waals surface area contributed by atoms with E-state index in [-0.39, 0.29) is 18.1 Å². The molecule has 0 amide bonds. The minimum absolute atomic E-state index is 0.0248. The predicted octanol–water partition coefficient (Wildman–Crippen LogP) is 2.45. The second-order valence-electron chi connectivity index (χ2n) is 4.28. The zero-order valence-corrected chi connectivity index (χ0v) is 12.2. The van der Waals surface area contributed by atoms with Gasteiger partial charge in [0.15, 0.2) is 0 Å². The molecule has 0 radical (unpaired) electrons. The number of halogens is 1. The van der Waals surface area contributed by atoms with Gasteiger partial charge in [-0.15, -0.1) is 0 Å². The highest BCUT2D eigenvalue weighted by Crippen LogP contribution is 2.20. The van der Waals surface area contributed by atoms with E-state index in [9.17, 15) is 12.8 Å². The van der Waals surface area contributed by atoms with Crippen LogP contribution in [0.3, 0.4) is 0 Å². The van der Waals surface area contributed by atoms with E-state index in [1.165, 1.54) is 30.5 Å². The molecule has 0 aliphatic carbocycles. The molecule has 0 saturated carbocycles. The summed E-state index contributed by atoms with van der Waals surface area (Å²) in [6, 6.07) is 8.87. The first-order valence-corrected chi connectivity index (χ1v) is 7.99. The Hall–Kier alpha value is -1.99. The van der Waals surface area contributed by atoms with Crippen LogP contribution < -0.4 is 9.46 Å². The maximum absolute atomic E-state index is 12.8. The Morgan fingerprint density at radius 2 is 1.95 bits per heavy atom. The smallest absolute Gasteiger partial charge is 0.219 e. The quantitative estimate of drug-likeness (QED) is 0.890. The SMILES string of the molecule is CCS(=O)(=O)NCc1ccnc(Oc2ccc(F)cc2)c1. The largest absolute Gasteiger partial charge is 0.439 e. The Kier molecular flexibility index (Phi) is 4.87. The Morgan fingerprint density at radius 3 is 2.62 bits per heavy atom. The fourth-order valence-corrected chi connectivity index (χ4v) is 2.13. The highest BCUT2D eigenvalue weighted by Gasteiger charge is 2.07. The van der Waals surface area contributed by atoms with Gasteiger partial charge < -0.3 is 4.74 Å². The van der Waals surface area contributed by atoms with Gasteiger partial charge in [0.25, 0.3) is 0 Å². The van der Waals surface area contributed by atoms with Crippen LogP contribution >= 0.6 is 0 Å². The Balaban J connectivity index is 2.05. The van der Waals surface area contributed by atoms with Crippen molar-refractivity contribution in [1.29, 1.82) is 0 Å². The number of rotatable bonds is 6. The highest BCUT2D eigenvalue weighted by molar-refractivity contribution is 7.89. The summed E-state index contributed by atoms with van der Waals surface area (Å²) in [5, 5.41) is 0. The van der Waals surface area contributed by atoms with Crippen molar-refractivity contribution in [3.8, 4) is 11.6 Å². The first kappa shape index (κ1) is 15.4. The Morgan fingerprint density at radius 1 is 1.24 bits per heavy atom. The Labute approximate surface area is 122 Å². The predicted molar refractivity (Wildman–Crippen MR) is 77.0 cm³/mol. The molecule has 7 heteroatoms. The lowest BCUT2D eigenvalue weighted by molar-refractivity contribution is 0.460. The van der Waals surface area contributed by atoms with Crippen LogP contribution in [0, 0.1) is 5.82 Å². The number of aromatic nitrogens is 1. The summed E-state index contributed by atoms with van der Waals surface area (Å²) in [4.78, 5) is 4.03. The summed E-state index contributed by atoms with van der Waals surface area (Å²) in [6.07, 6.45) is 1.52. The summed E-state index contributed by atoms with van der Waals surface area (Å²) in [7, 11) is -3.25. The summed E-state index contributed by atoms with van der Waals surface area (Å²) in [6.45, 7) is 1.73. The molecule has 0 spiro atoms. The number of hydrogen-bond acceptors (Lipinski definition) is 4. The number of ether oxygens (including phenoxy) is 1. The van der Waals surface area contributed by atoms with E-state index in [0.717, 1.165) is 5.56 Å². The molecule has 0 bridgehead atoms. The van der Waals surface area contributed by atoms with Crippen molar-refractivity contribution < 1.29 is 17.5 Å². The zero-order valence-electron chi connectivity index (χ0n) is 11.4. The molecule has 1 heterocycles. The molecule has 0 atom stereocenters. The molecule has 0 unspecified atom stereocenters. The van der Waals surface area contributed by atoms with Crippen LogP contribution in [0.2, 0.25) is 0 Å². The first-order chi connectivity index (χ1) is 9.98. The summed E-state index contributed by atoms with van der Waals surface area (Å²) in [5.41, 5.74) is 0.721. The van der Waals surface area contributed by atoms with Gasteiger partial charge in [0.2, 0.25) is 15.9 Å². The Bertz CT molecular complexity index is 702. The van der Waals surface area contributed by atoms with Gasteiger partial charge in [0.1, 0.15) is 11.6 Å². The molecule has 1 aromatic heterocycles. The monoisotopic (exact) mass is 310 g/mol. The number of nitrogens with one attached hydrogen (secondary N) is 1. The first-order valence-electron chi connectivity index (χ1n) is 6.34. The van der Waals surface area contributed by atoms with Crippen molar-refractivity contribution in [1.82, 2.24) is 9.71 Å². The van der Waals surface area contributed by atoms with E-state index in [4.69, 9.17) is 4.74 Å². The molecule has 2 rings (SSSR count).